The molecule has 0 aliphatic heterocycles. The number of rotatable bonds is 8. The zero-order chi connectivity index (χ0) is 13.4. The minimum atomic E-state index is -0.716. The maximum Gasteiger partial charge on any atom is 0.316 e. The molecule has 0 rings (SSSR count). The first-order valence-corrected chi connectivity index (χ1v) is 6.31. The summed E-state index contributed by atoms with van der Waals surface area (Å²) in [6.45, 7) is 9.90. The van der Waals surface area contributed by atoms with Gasteiger partial charge in [-0.05, 0) is 26.2 Å². The SMILES string of the molecule is CCOC(=O)C(C(=O)C(CC)OCC)C(C)C. The van der Waals surface area contributed by atoms with Gasteiger partial charge in [-0.15, -0.1) is 0 Å². The number of Topliss-reactive ketones (excluding diaryl/α,β-unsaturated/α-hetero) is 1. The molecular weight excluding hydrogens is 220 g/mol. The molecule has 17 heavy (non-hydrogen) atoms. The normalized spacial score (nSPS) is 14.5. The highest BCUT2D eigenvalue weighted by Gasteiger charge is 2.35. The standard InChI is InChI=1S/C13H24O4/c1-6-10(16-7-2)12(14)11(9(4)5)13(15)17-8-3/h9-11H,6-8H2,1-5H3. The number of esters is 1. The smallest absolute Gasteiger partial charge is 0.316 e. The van der Waals surface area contributed by atoms with E-state index in [0.29, 0.717) is 19.6 Å². The van der Waals surface area contributed by atoms with Gasteiger partial charge >= 0.3 is 5.97 Å². The van der Waals surface area contributed by atoms with Crippen LogP contribution in [0.15, 0.2) is 0 Å². The largest absolute Gasteiger partial charge is 0.465 e. The van der Waals surface area contributed by atoms with Gasteiger partial charge in [0.15, 0.2) is 5.78 Å². The number of carbonyl (C=O) groups excluding carboxylic acids is 2. The Morgan fingerprint density at radius 2 is 1.65 bits per heavy atom. The highest BCUT2D eigenvalue weighted by molar-refractivity contribution is 6.01. The first-order valence-electron chi connectivity index (χ1n) is 6.31. The molecule has 2 unspecified atom stereocenters. The quantitative estimate of drug-likeness (QED) is 0.485. The lowest BCUT2D eigenvalue weighted by molar-refractivity contribution is -0.157. The Balaban J connectivity index is 4.80. The van der Waals surface area contributed by atoms with Crippen molar-refractivity contribution in [2.45, 2.75) is 47.1 Å². The fourth-order valence-electron chi connectivity index (χ4n) is 1.75. The molecular formula is C13H24O4. The molecule has 0 bridgehead atoms. The van der Waals surface area contributed by atoms with E-state index in [1.807, 2.05) is 27.7 Å². The third kappa shape index (κ3) is 4.86. The molecule has 0 aromatic heterocycles. The van der Waals surface area contributed by atoms with Crippen LogP contribution in [0.4, 0.5) is 0 Å². The molecule has 0 amide bonds. The number of ketones is 1. The maximum atomic E-state index is 12.2. The number of hydrogen-bond donors (Lipinski definition) is 0. The second kappa shape index (κ2) is 8.23. The van der Waals surface area contributed by atoms with Gasteiger partial charge in [0.1, 0.15) is 12.0 Å². The molecule has 2 atom stereocenters. The molecule has 0 aromatic carbocycles. The molecule has 0 aliphatic carbocycles. The van der Waals surface area contributed by atoms with Crippen molar-refractivity contribution in [3.8, 4) is 0 Å². The molecule has 4 heteroatoms. The van der Waals surface area contributed by atoms with Crippen LogP contribution in [0.3, 0.4) is 0 Å². The van der Waals surface area contributed by atoms with E-state index in [-0.39, 0.29) is 11.7 Å². The Morgan fingerprint density at radius 1 is 1.06 bits per heavy atom. The van der Waals surface area contributed by atoms with Crippen molar-refractivity contribution in [1.82, 2.24) is 0 Å². The van der Waals surface area contributed by atoms with Crippen LogP contribution in [0.5, 0.6) is 0 Å². The van der Waals surface area contributed by atoms with Gasteiger partial charge in [-0.25, -0.2) is 0 Å². The van der Waals surface area contributed by atoms with Crippen LogP contribution < -0.4 is 0 Å². The van der Waals surface area contributed by atoms with E-state index in [1.165, 1.54) is 0 Å². The van der Waals surface area contributed by atoms with Gasteiger partial charge in [0, 0.05) is 6.61 Å². The molecule has 0 aliphatic rings. The Hall–Kier alpha value is -0.900. The van der Waals surface area contributed by atoms with Gasteiger partial charge in [0.05, 0.1) is 6.61 Å². The van der Waals surface area contributed by atoms with Crippen molar-refractivity contribution in [2.75, 3.05) is 13.2 Å². The summed E-state index contributed by atoms with van der Waals surface area (Å²) in [4.78, 5) is 23.9. The average molecular weight is 244 g/mol. The first kappa shape index (κ1) is 16.1. The van der Waals surface area contributed by atoms with Crippen molar-refractivity contribution in [3.05, 3.63) is 0 Å². The lowest BCUT2D eigenvalue weighted by atomic mass is 9.88. The van der Waals surface area contributed by atoms with Gasteiger partial charge in [0.25, 0.3) is 0 Å². The first-order chi connectivity index (χ1) is 7.99. The van der Waals surface area contributed by atoms with Crippen LogP contribution in [0.1, 0.15) is 41.0 Å². The summed E-state index contributed by atoms with van der Waals surface area (Å²) in [5.74, 6) is -1.39. The predicted molar refractivity (Wildman–Crippen MR) is 65.7 cm³/mol. The van der Waals surface area contributed by atoms with Crippen molar-refractivity contribution in [3.63, 3.8) is 0 Å². The van der Waals surface area contributed by atoms with Gasteiger partial charge < -0.3 is 9.47 Å². The number of ether oxygens (including phenoxy) is 2. The Labute approximate surface area is 104 Å². The highest BCUT2D eigenvalue weighted by atomic mass is 16.5. The van der Waals surface area contributed by atoms with Crippen molar-refractivity contribution >= 4 is 11.8 Å². The Morgan fingerprint density at radius 3 is 2.00 bits per heavy atom. The number of hydrogen-bond acceptors (Lipinski definition) is 4. The lowest BCUT2D eigenvalue weighted by Crippen LogP contribution is -2.38. The zero-order valence-corrected chi connectivity index (χ0v) is 11.5. The van der Waals surface area contributed by atoms with Gasteiger partial charge in [0.2, 0.25) is 0 Å². The molecule has 0 radical (unpaired) electrons. The van der Waals surface area contributed by atoms with Crippen LogP contribution in [0.25, 0.3) is 0 Å². The second-order valence-electron chi connectivity index (χ2n) is 4.23. The molecule has 0 N–H and O–H groups in total. The van der Waals surface area contributed by atoms with Crippen molar-refractivity contribution in [2.24, 2.45) is 11.8 Å². The average Bonchev–Trinajstić information content (AvgIpc) is 2.25. The van der Waals surface area contributed by atoms with Crippen LogP contribution in [-0.2, 0) is 19.1 Å². The topological polar surface area (TPSA) is 52.6 Å². The molecule has 0 spiro atoms. The third-order valence-electron chi connectivity index (χ3n) is 2.57. The summed E-state index contributed by atoms with van der Waals surface area (Å²) in [6.07, 6.45) is 0.0757. The molecule has 0 saturated carbocycles. The lowest BCUT2D eigenvalue weighted by Gasteiger charge is -2.22. The van der Waals surface area contributed by atoms with Crippen LogP contribution in [0.2, 0.25) is 0 Å². The summed E-state index contributed by atoms with van der Waals surface area (Å²) in [5, 5.41) is 0. The van der Waals surface area contributed by atoms with E-state index in [4.69, 9.17) is 9.47 Å². The summed E-state index contributed by atoms with van der Waals surface area (Å²) in [7, 11) is 0. The molecule has 4 nitrogen and oxygen atoms in total. The summed E-state index contributed by atoms with van der Waals surface area (Å²) >= 11 is 0. The fourth-order valence-corrected chi connectivity index (χ4v) is 1.75. The monoisotopic (exact) mass is 244 g/mol. The van der Waals surface area contributed by atoms with E-state index in [1.54, 1.807) is 6.92 Å². The fraction of sp³-hybridized carbons (Fsp3) is 0.846. The van der Waals surface area contributed by atoms with E-state index < -0.39 is 18.0 Å². The van der Waals surface area contributed by atoms with Crippen molar-refractivity contribution in [1.29, 1.82) is 0 Å². The number of carbonyl (C=O) groups is 2. The molecule has 0 fully saturated rings. The van der Waals surface area contributed by atoms with Gasteiger partial charge in [-0.3, -0.25) is 9.59 Å². The van der Waals surface area contributed by atoms with Gasteiger partial charge in [-0.2, -0.15) is 0 Å². The van der Waals surface area contributed by atoms with Crippen LogP contribution in [0, 0.1) is 11.8 Å². The zero-order valence-electron chi connectivity index (χ0n) is 11.5. The van der Waals surface area contributed by atoms with Crippen molar-refractivity contribution < 1.29 is 19.1 Å². The molecule has 100 valence electrons. The van der Waals surface area contributed by atoms with E-state index >= 15 is 0 Å². The van der Waals surface area contributed by atoms with E-state index in [9.17, 15) is 9.59 Å². The van der Waals surface area contributed by atoms with E-state index in [0.717, 1.165) is 0 Å². The highest BCUT2D eigenvalue weighted by Crippen LogP contribution is 2.18. The second-order valence-corrected chi connectivity index (χ2v) is 4.23. The predicted octanol–water partition coefficient (Wildman–Crippen LogP) is 2.21. The Bertz CT molecular complexity index is 248. The van der Waals surface area contributed by atoms with E-state index in [2.05, 4.69) is 0 Å². The third-order valence-corrected chi connectivity index (χ3v) is 2.57. The molecule has 0 heterocycles. The maximum absolute atomic E-state index is 12.2. The minimum absolute atomic E-state index is 0.0731. The molecule has 0 aromatic rings. The minimum Gasteiger partial charge on any atom is -0.465 e. The molecule has 0 saturated heterocycles. The summed E-state index contributed by atoms with van der Waals surface area (Å²) in [5.41, 5.74) is 0. The Kier molecular flexibility index (Phi) is 7.79. The van der Waals surface area contributed by atoms with Gasteiger partial charge in [-0.1, -0.05) is 20.8 Å². The van der Waals surface area contributed by atoms with Crippen LogP contribution in [-0.4, -0.2) is 31.1 Å². The summed E-state index contributed by atoms with van der Waals surface area (Å²) in [6, 6.07) is 0. The van der Waals surface area contributed by atoms with Crippen LogP contribution >= 0.6 is 0 Å². The summed E-state index contributed by atoms with van der Waals surface area (Å²) < 4.78 is 10.3.